The van der Waals surface area contributed by atoms with Gasteiger partial charge in [0.05, 0.1) is 26.0 Å². The second-order valence-corrected chi connectivity index (χ2v) is 4.83. The lowest BCUT2D eigenvalue weighted by atomic mass is 10.6. The van der Waals surface area contributed by atoms with Crippen LogP contribution >= 0.6 is 0 Å². The van der Waals surface area contributed by atoms with Crippen molar-refractivity contribution in [2.45, 2.75) is 0 Å². The third-order valence-electron chi connectivity index (χ3n) is 1.73. The first kappa shape index (κ1) is 13.5. The van der Waals surface area contributed by atoms with Crippen LogP contribution in [0.3, 0.4) is 0 Å². The maximum Gasteiger partial charge on any atom is 0.243 e. The van der Waals surface area contributed by atoms with Crippen LogP contribution < -0.4 is 19.9 Å². The summed E-state index contributed by atoms with van der Waals surface area (Å²) in [7, 11) is -0.740. The van der Waals surface area contributed by atoms with Gasteiger partial charge in [0.15, 0.2) is 0 Å². The fourth-order valence-electron chi connectivity index (χ4n) is 1.00. The molecule has 0 saturated carbocycles. The van der Waals surface area contributed by atoms with E-state index in [-0.39, 0.29) is 30.0 Å². The van der Waals surface area contributed by atoms with Gasteiger partial charge in [-0.05, 0) is 0 Å². The van der Waals surface area contributed by atoms with E-state index in [4.69, 9.17) is 15.2 Å². The number of sulfonamides is 1. The van der Waals surface area contributed by atoms with E-state index in [1.165, 1.54) is 20.3 Å². The zero-order valence-corrected chi connectivity index (χ0v) is 10.3. The van der Waals surface area contributed by atoms with Crippen LogP contribution in [-0.2, 0) is 10.0 Å². The third kappa shape index (κ3) is 4.04. The second-order valence-electron chi connectivity index (χ2n) is 2.99. The molecule has 0 aliphatic rings. The molecule has 9 heteroatoms. The summed E-state index contributed by atoms with van der Waals surface area (Å²) in [6.07, 6.45) is 0. The van der Waals surface area contributed by atoms with Crippen molar-refractivity contribution < 1.29 is 17.9 Å². The maximum absolute atomic E-state index is 11.4. The molecular formula is C8H14N4O4S. The van der Waals surface area contributed by atoms with Crippen LogP contribution in [0.5, 0.6) is 11.8 Å². The Bertz CT molecular complexity index is 454. The first-order chi connectivity index (χ1) is 8.00. The monoisotopic (exact) mass is 262 g/mol. The minimum atomic E-state index is -3.55. The third-order valence-corrected chi connectivity index (χ3v) is 3.00. The molecule has 0 saturated heterocycles. The van der Waals surface area contributed by atoms with Gasteiger partial charge in [0, 0.05) is 6.54 Å². The van der Waals surface area contributed by atoms with Crippen LogP contribution in [0.2, 0.25) is 0 Å². The van der Waals surface area contributed by atoms with Gasteiger partial charge in [0.1, 0.15) is 0 Å². The van der Waals surface area contributed by atoms with Gasteiger partial charge in [-0.1, -0.05) is 0 Å². The number of nitrogens with one attached hydrogen (secondary N) is 1. The first-order valence-electron chi connectivity index (χ1n) is 4.68. The van der Waals surface area contributed by atoms with E-state index in [1.807, 2.05) is 0 Å². The number of nitrogens with two attached hydrogens (primary N) is 1. The first-order valence-corrected chi connectivity index (χ1v) is 6.33. The average Bonchev–Trinajstić information content (AvgIpc) is 2.27. The molecule has 0 bridgehead atoms. The highest BCUT2D eigenvalue weighted by Gasteiger charge is 2.13. The Morgan fingerprint density at radius 2 is 1.82 bits per heavy atom. The lowest BCUT2D eigenvalue weighted by Crippen LogP contribution is -2.23. The fraction of sp³-hybridized carbons (Fsp3) is 0.500. The number of methoxy groups -OCH3 is 2. The summed E-state index contributed by atoms with van der Waals surface area (Å²) in [5.41, 5.74) is 5.17. The quantitative estimate of drug-likeness (QED) is 0.688. The van der Waals surface area contributed by atoms with Crippen LogP contribution in [-0.4, -0.2) is 44.9 Å². The highest BCUT2D eigenvalue weighted by atomic mass is 32.2. The molecule has 1 aromatic heterocycles. The molecule has 17 heavy (non-hydrogen) atoms. The van der Waals surface area contributed by atoms with Crippen molar-refractivity contribution in [1.29, 1.82) is 0 Å². The summed E-state index contributed by atoms with van der Waals surface area (Å²) in [4.78, 5) is 7.65. The van der Waals surface area contributed by atoms with Gasteiger partial charge >= 0.3 is 0 Å². The van der Waals surface area contributed by atoms with Crippen molar-refractivity contribution in [3.63, 3.8) is 0 Å². The molecule has 3 N–H and O–H groups in total. The summed E-state index contributed by atoms with van der Waals surface area (Å²) >= 11 is 0. The molecule has 0 atom stereocenters. The van der Waals surface area contributed by atoms with Crippen molar-refractivity contribution in [2.75, 3.05) is 31.2 Å². The molecule has 1 aromatic rings. The highest BCUT2D eigenvalue weighted by molar-refractivity contribution is 7.92. The van der Waals surface area contributed by atoms with Gasteiger partial charge in [-0.2, -0.15) is 9.97 Å². The molecule has 1 heterocycles. The van der Waals surface area contributed by atoms with Crippen LogP contribution in [0.25, 0.3) is 0 Å². The zero-order chi connectivity index (χ0) is 12.9. The van der Waals surface area contributed by atoms with E-state index in [0.717, 1.165) is 0 Å². The van der Waals surface area contributed by atoms with E-state index in [9.17, 15) is 8.42 Å². The lowest BCUT2D eigenvalue weighted by Gasteiger charge is -2.08. The Hall–Kier alpha value is -1.61. The number of hydrogen-bond donors (Lipinski definition) is 2. The Labute approximate surface area is 99.2 Å². The molecule has 0 spiro atoms. The minimum Gasteiger partial charge on any atom is -0.481 e. The summed E-state index contributed by atoms with van der Waals surface area (Å²) in [6, 6.07) is 1.43. The highest BCUT2D eigenvalue weighted by Crippen LogP contribution is 2.17. The van der Waals surface area contributed by atoms with Gasteiger partial charge in [-0.15, -0.1) is 0 Å². The maximum atomic E-state index is 11.4. The summed E-state index contributed by atoms with van der Waals surface area (Å²) in [5.74, 6) is 0.0647. The van der Waals surface area contributed by atoms with Crippen LogP contribution in [0, 0.1) is 0 Å². The number of anilines is 1. The van der Waals surface area contributed by atoms with Crippen molar-refractivity contribution in [3.05, 3.63) is 6.07 Å². The molecule has 0 unspecified atom stereocenters. The van der Waals surface area contributed by atoms with Gasteiger partial charge in [-0.3, -0.25) is 4.72 Å². The smallest absolute Gasteiger partial charge is 0.243 e. The molecule has 0 fully saturated rings. The van der Waals surface area contributed by atoms with E-state index in [1.54, 1.807) is 0 Å². The van der Waals surface area contributed by atoms with Crippen LogP contribution in [0.4, 0.5) is 5.95 Å². The van der Waals surface area contributed by atoms with E-state index < -0.39 is 10.0 Å². The number of ether oxygens (including phenoxy) is 2. The molecule has 0 aliphatic carbocycles. The Balaban J connectivity index is 2.98. The SMILES string of the molecule is COc1cc(OC)nc(NS(=O)(=O)CCN)n1. The van der Waals surface area contributed by atoms with Crippen LogP contribution in [0.15, 0.2) is 6.07 Å². The number of hydrogen-bond acceptors (Lipinski definition) is 7. The van der Waals surface area contributed by atoms with Crippen molar-refractivity contribution in [1.82, 2.24) is 9.97 Å². The molecule has 1 rings (SSSR count). The van der Waals surface area contributed by atoms with Crippen molar-refractivity contribution >= 4 is 16.0 Å². The topological polar surface area (TPSA) is 116 Å². The standard InChI is InChI=1S/C8H14N4O4S/c1-15-6-5-7(16-2)11-8(10-6)12-17(13,14)4-3-9/h5H,3-4,9H2,1-2H3,(H,10,11,12). The molecule has 0 aliphatic heterocycles. The predicted octanol–water partition coefficient (Wildman–Crippen LogP) is -0.806. The van der Waals surface area contributed by atoms with Gasteiger partial charge in [-0.25, -0.2) is 8.42 Å². The van der Waals surface area contributed by atoms with Crippen molar-refractivity contribution in [2.24, 2.45) is 5.73 Å². The Morgan fingerprint density at radius 3 is 2.24 bits per heavy atom. The second kappa shape index (κ2) is 5.64. The minimum absolute atomic E-state index is 0.0104. The Kier molecular flexibility index (Phi) is 4.46. The van der Waals surface area contributed by atoms with Gasteiger partial charge in [0.25, 0.3) is 0 Å². The van der Waals surface area contributed by atoms with E-state index in [0.29, 0.717) is 0 Å². The van der Waals surface area contributed by atoms with E-state index in [2.05, 4.69) is 14.7 Å². The molecule has 0 aromatic carbocycles. The Morgan fingerprint density at radius 1 is 1.29 bits per heavy atom. The number of rotatable bonds is 6. The van der Waals surface area contributed by atoms with Gasteiger partial charge in [0.2, 0.25) is 27.7 Å². The largest absolute Gasteiger partial charge is 0.481 e. The fourth-order valence-corrected chi connectivity index (χ4v) is 1.79. The predicted molar refractivity (Wildman–Crippen MR) is 61.6 cm³/mol. The number of nitrogens with zero attached hydrogens (tertiary/aromatic N) is 2. The molecule has 0 radical (unpaired) electrons. The normalized spacial score (nSPS) is 11.0. The van der Waals surface area contributed by atoms with Crippen molar-refractivity contribution in [3.8, 4) is 11.8 Å². The molecule has 0 amide bonds. The zero-order valence-electron chi connectivity index (χ0n) is 9.50. The molecular weight excluding hydrogens is 248 g/mol. The summed E-state index contributed by atoms with van der Waals surface area (Å²) in [6.45, 7) is 0.0104. The van der Waals surface area contributed by atoms with Crippen LogP contribution in [0.1, 0.15) is 0 Å². The summed E-state index contributed by atoms with van der Waals surface area (Å²) < 4.78 is 34.8. The van der Waals surface area contributed by atoms with Gasteiger partial charge < -0.3 is 15.2 Å². The molecule has 8 nitrogen and oxygen atoms in total. The number of aromatic nitrogens is 2. The summed E-state index contributed by atoms with van der Waals surface area (Å²) in [5, 5.41) is 0. The lowest BCUT2D eigenvalue weighted by molar-refractivity contribution is 0.373. The van der Waals surface area contributed by atoms with E-state index >= 15 is 0 Å². The molecule has 96 valence electrons. The average molecular weight is 262 g/mol.